The van der Waals surface area contributed by atoms with Crippen LogP contribution in [0.1, 0.15) is 0 Å². The molecule has 1 aliphatic rings. The maximum atomic E-state index is 11.2. The summed E-state index contributed by atoms with van der Waals surface area (Å²) in [5.74, 6) is 0. The first-order valence-electron chi connectivity index (χ1n) is 3.20. The number of allylic oxidation sites excluding steroid dienone is 2. The molecule has 1 rings (SSSR count). The van der Waals surface area contributed by atoms with Crippen molar-refractivity contribution in [3.05, 3.63) is 23.3 Å². The van der Waals surface area contributed by atoms with Gasteiger partial charge >= 0.3 is 0 Å². The number of sulfone groups is 1. The minimum absolute atomic E-state index is 0.111. The van der Waals surface area contributed by atoms with Crippen molar-refractivity contribution in [2.45, 2.75) is 0 Å². The van der Waals surface area contributed by atoms with Crippen LogP contribution in [0.4, 0.5) is 0 Å². The van der Waals surface area contributed by atoms with Crippen LogP contribution in [0.5, 0.6) is 0 Å². The van der Waals surface area contributed by atoms with Crippen LogP contribution < -0.4 is 0 Å². The number of hydrogen-bond donors (Lipinski definition) is 0. The minimum Gasteiger partial charge on any atom is -0.295 e. The van der Waals surface area contributed by atoms with Crippen molar-refractivity contribution < 1.29 is 8.42 Å². The summed E-state index contributed by atoms with van der Waals surface area (Å²) in [6, 6.07) is 0. The molecule has 0 unspecified atom stereocenters. The van der Waals surface area contributed by atoms with Crippen LogP contribution in [0.2, 0.25) is 0 Å². The molecule has 12 heavy (non-hydrogen) atoms. The van der Waals surface area contributed by atoms with Gasteiger partial charge in [-0.05, 0) is 6.08 Å². The van der Waals surface area contributed by atoms with E-state index in [1.54, 1.807) is 0 Å². The molecule has 0 atom stereocenters. The Hall–Kier alpha value is -1.23. The second-order valence-corrected chi connectivity index (χ2v) is 3.86. The van der Waals surface area contributed by atoms with E-state index in [9.17, 15) is 8.42 Å². The predicted octanol–water partition coefficient (Wildman–Crippen LogP) is 0.541. The van der Waals surface area contributed by atoms with E-state index in [2.05, 4.69) is 16.6 Å². The molecule has 0 saturated carbocycles. The fraction of sp³-hybridized carbons (Fsp3) is 0.143. The van der Waals surface area contributed by atoms with Gasteiger partial charge < -0.3 is 0 Å². The monoisotopic (exact) mass is 184 g/mol. The van der Waals surface area contributed by atoms with Crippen molar-refractivity contribution in [1.29, 1.82) is 0 Å². The fourth-order valence-corrected chi connectivity index (χ4v) is 1.85. The van der Waals surface area contributed by atoms with Gasteiger partial charge in [-0.1, -0.05) is 6.58 Å². The molecule has 1 heterocycles. The molecular formula is C7H8N2O2S. The zero-order valence-corrected chi connectivity index (χ0v) is 7.37. The molecule has 0 fully saturated rings. The summed E-state index contributed by atoms with van der Waals surface area (Å²) in [6.07, 6.45) is 2.65. The molecule has 0 amide bonds. The van der Waals surface area contributed by atoms with E-state index in [4.69, 9.17) is 0 Å². The fourth-order valence-electron chi connectivity index (χ4n) is 0.802. The first-order valence-corrected chi connectivity index (χ1v) is 4.74. The second kappa shape index (κ2) is 3.02. The largest absolute Gasteiger partial charge is 0.295 e. The highest BCUT2D eigenvalue weighted by Gasteiger charge is 2.22. The highest BCUT2D eigenvalue weighted by Crippen LogP contribution is 2.18. The molecule has 0 saturated heterocycles. The Balaban J connectivity index is 3.32. The molecule has 0 radical (unpaired) electrons. The number of rotatable bonds is 2. The molecule has 0 bridgehead atoms. The van der Waals surface area contributed by atoms with Gasteiger partial charge in [0.1, 0.15) is 10.5 Å². The lowest BCUT2D eigenvalue weighted by atomic mass is 10.4. The summed E-state index contributed by atoms with van der Waals surface area (Å²) in [4.78, 5) is 7.40. The minimum atomic E-state index is -3.34. The average Bonchev–Trinajstić information content (AvgIpc) is 2.29. The zero-order valence-electron chi connectivity index (χ0n) is 6.56. The van der Waals surface area contributed by atoms with Crippen molar-refractivity contribution in [3.8, 4) is 0 Å². The van der Waals surface area contributed by atoms with Crippen molar-refractivity contribution >= 4 is 21.6 Å². The van der Waals surface area contributed by atoms with Gasteiger partial charge in [0.25, 0.3) is 0 Å². The topological polar surface area (TPSA) is 58.9 Å². The Morgan fingerprint density at radius 2 is 2.33 bits per heavy atom. The molecule has 4 nitrogen and oxygen atoms in total. The maximum Gasteiger partial charge on any atom is 0.220 e. The predicted molar refractivity (Wildman–Crippen MR) is 49.1 cm³/mol. The average molecular weight is 184 g/mol. The molecule has 0 spiro atoms. The van der Waals surface area contributed by atoms with Crippen LogP contribution in [0.15, 0.2) is 33.2 Å². The number of hydrogen-bond acceptors (Lipinski definition) is 4. The Morgan fingerprint density at radius 3 is 2.83 bits per heavy atom. The molecule has 5 heteroatoms. The molecule has 1 aliphatic heterocycles. The third kappa shape index (κ3) is 1.35. The highest BCUT2D eigenvalue weighted by molar-refractivity contribution is 8.08. The Labute approximate surface area is 71.0 Å². The summed E-state index contributed by atoms with van der Waals surface area (Å²) in [6.45, 7) is 3.44. The molecule has 0 aromatic rings. The van der Waals surface area contributed by atoms with Crippen LogP contribution >= 0.6 is 0 Å². The molecule has 0 N–H and O–H groups in total. The van der Waals surface area contributed by atoms with Crippen LogP contribution in [0.25, 0.3) is 0 Å². The van der Waals surface area contributed by atoms with Crippen molar-refractivity contribution in [2.75, 3.05) is 7.05 Å². The molecule has 64 valence electrons. The zero-order chi connectivity index (χ0) is 9.19. The van der Waals surface area contributed by atoms with E-state index in [0.29, 0.717) is 5.70 Å². The molecule has 0 aromatic heterocycles. The van der Waals surface area contributed by atoms with E-state index in [-0.39, 0.29) is 4.91 Å². The van der Waals surface area contributed by atoms with Crippen molar-refractivity contribution in [3.63, 3.8) is 0 Å². The van der Waals surface area contributed by atoms with Crippen LogP contribution in [0.3, 0.4) is 0 Å². The molecule has 0 aromatic carbocycles. The van der Waals surface area contributed by atoms with Crippen LogP contribution in [-0.4, -0.2) is 27.2 Å². The Bertz CT molecular complexity index is 388. The van der Waals surface area contributed by atoms with Gasteiger partial charge in [0, 0.05) is 13.3 Å². The Kier molecular flexibility index (Phi) is 2.23. The van der Waals surface area contributed by atoms with Crippen molar-refractivity contribution in [1.82, 2.24) is 0 Å². The lowest BCUT2D eigenvalue weighted by Crippen LogP contribution is -2.02. The van der Waals surface area contributed by atoms with Gasteiger partial charge in [0.15, 0.2) is 0 Å². The van der Waals surface area contributed by atoms with Crippen molar-refractivity contribution in [2.24, 2.45) is 9.98 Å². The van der Waals surface area contributed by atoms with Crippen LogP contribution in [0, 0.1) is 0 Å². The van der Waals surface area contributed by atoms with Gasteiger partial charge in [-0.2, -0.15) is 0 Å². The van der Waals surface area contributed by atoms with Gasteiger partial charge in [-0.25, -0.2) is 13.4 Å². The van der Waals surface area contributed by atoms with Gasteiger partial charge in [0.2, 0.25) is 9.84 Å². The van der Waals surface area contributed by atoms with Gasteiger partial charge in [-0.3, -0.25) is 4.99 Å². The molecule has 0 aliphatic carbocycles. The van der Waals surface area contributed by atoms with E-state index in [1.165, 1.54) is 19.3 Å². The first-order chi connectivity index (χ1) is 5.61. The van der Waals surface area contributed by atoms with Gasteiger partial charge in [0.05, 0.1) is 5.70 Å². The third-order valence-corrected chi connectivity index (χ3v) is 2.64. The molecular weight excluding hydrogens is 176 g/mol. The van der Waals surface area contributed by atoms with Gasteiger partial charge in [-0.15, -0.1) is 0 Å². The lowest BCUT2D eigenvalue weighted by Gasteiger charge is -1.91. The van der Waals surface area contributed by atoms with Crippen LogP contribution in [-0.2, 0) is 9.84 Å². The first kappa shape index (κ1) is 8.86. The standard InChI is InChI=1S/C7H8N2O2S/c1-3-6-7(4-8-2)12(10,11)5-9-6/h3-5H,1H2,2H3. The summed E-state index contributed by atoms with van der Waals surface area (Å²) in [5, 5.41) is 0. The van der Waals surface area contributed by atoms with E-state index >= 15 is 0 Å². The summed E-state index contributed by atoms with van der Waals surface area (Å²) in [5.41, 5.74) is 1.25. The number of aliphatic imine (C=N–C) groups is 2. The summed E-state index contributed by atoms with van der Waals surface area (Å²) in [7, 11) is -1.84. The lowest BCUT2D eigenvalue weighted by molar-refractivity contribution is 0.615. The second-order valence-electron chi connectivity index (χ2n) is 2.12. The SMILES string of the molecule is C=CC1=C(C=NC)S(=O)(=O)C=N1. The smallest absolute Gasteiger partial charge is 0.220 e. The summed E-state index contributed by atoms with van der Waals surface area (Å²) < 4.78 is 22.3. The Morgan fingerprint density at radius 1 is 1.67 bits per heavy atom. The van der Waals surface area contributed by atoms with E-state index in [1.807, 2.05) is 0 Å². The van der Waals surface area contributed by atoms with E-state index < -0.39 is 9.84 Å². The summed E-state index contributed by atoms with van der Waals surface area (Å²) >= 11 is 0. The highest BCUT2D eigenvalue weighted by atomic mass is 32.2. The normalized spacial score (nSPS) is 20.8. The number of nitrogens with zero attached hydrogens (tertiary/aromatic N) is 2. The quantitative estimate of drug-likeness (QED) is 0.588. The third-order valence-electron chi connectivity index (χ3n) is 1.33. The van der Waals surface area contributed by atoms with E-state index in [0.717, 1.165) is 5.55 Å². The maximum absolute atomic E-state index is 11.2.